The SMILES string of the molecule is N#CCCN1CCN(c2cccc(CNc3nc(Nc4cccc(C(F)(F)F)c4)nc(OCC(F)(F)F)n3)c2)CC1. The lowest BCUT2D eigenvalue weighted by atomic mass is 10.1. The van der Waals surface area contributed by atoms with Gasteiger partial charge in [-0.15, -0.1) is 0 Å². The van der Waals surface area contributed by atoms with E-state index in [2.05, 4.69) is 46.2 Å². The van der Waals surface area contributed by atoms with Gasteiger partial charge in [0.25, 0.3) is 0 Å². The monoisotopic (exact) mass is 580 g/mol. The van der Waals surface area contributed by atoms with Gasteiger partial charge >= 0.3 is 18.4 Å². The highest BCUT2D eigenvalue weighted by Crippen LogP contribution is 2.31. The number of benzene rings is 2. The fourth-order valence-corrected chi connectivity index (χ4v) is 4.09. The molecule has 2 aromatic carbocycles. The second-order valence-corrected chi connectivity index (χ2v) is 9.13. The van der Waals surface area contributed by atoms with Crippen molar-refractivity contribution in [3.05, 3.63) is 59.7 Å². The van der Waals surface area contributed by atoms with Crippen LogP contribution in [0.4, 0.5) is 49.6 Å². The van der Waals surface area contributed by atoms with Crippen LogP contribution in [0.1, 0.15) is 17.5 Å². The van der Waals surface area contributed by atoms with Crippen molar-refractivity contribution in [1.82, 2.24) is 19.9 Å². The Hall–Kier alpha value is -4.32. The van der Waals surface area contributed by atoms with E-state index in [1.807, 2.05) is 24.3 Å². The molecule has 9 nitrogen and oxygen atoms in total. The van der Waals surface area contributed by atoms with Crippen LogP contribution in [0.2, 0.25) is 0 Å². The Morgan fingerprint density at radius 3 is 2.34 bits per heavy atom. The highest BCUT2D eigenvalue weighted by atomic mass is 19.4. The molecule has 1 aliphatic rings. The zero-order valence-corrected chi connectivity index (χ0v) is 21.6. The van der Waals surface area contributed by atoms with Gasteiger partial charge in [0.2, 0.25) is 11.9 Å². The first-order chi connectivity index (χ1) is 19.5. The minimum Gasteiger partial charge on any atom is -0.454 e. The van der Waals surface area contributed by atoms with E-state index in [-0.39, 0.29) is 24.1 Å². The molecule has 218 valence electrons. The maximum absolute atomic E-state index is 13.1. The number of halogens is 6. The summed E-state index contributed by atoms with van der Waals surface area (Å²) in [5.41, 5.74) is 0.868. The predicted molar refractivity (Wildman–Crippen MR) is 139 cm³/mol. The van der Waals surface area contributed by atoms with Crippen LogP contribution in [0, 0.1) is 11.3 Å². The average Bonchev–Trinajstić information content (AvgIpc) is 2.94. The van der Waals surface area contributed by atoms with Gasteiger partial charge in [0.05, 0.1) is 11.6 Å². The Labute approximate surface area is 231 Å². The highest BCUT2D eigenvalue weighted by Gasteiger charge is 2.31. The number of rotatable bonds is 10. The van der Waals surface area contributed by atoms with E-state index in [4.69, 9.17) is 5.26 Å². The molecule has 1 aliphatic heterocycles. The summed E-state index contributed by atoms with van der Waals surface area (Å²) in [4.78, 5) is 16.2. The van der Waals surface area contributed by atoms with Crippen molar-refractivity contribution in [1.29, 1.82) is 5.26 Å². The molecule has 0 saturated carbocycles. The molecule has 1 saturated heterocycles. The molecule has 2 heterocycles. The summed E-state index contributed by atoms with van der Waals surface area (Å²) < 4.78 is 82.2. The molecule has 2 N–H and O–H groups in total. The minimum atomic E-state index is -4.66. The van der Waals surface area contributed by atoms with Gasteiger partial charge in [-0.05, 0) is 35.9 Å². The highest BCUT2D eigenvalue weighted by molar-refractivity contribution is 5.56. The lowest BCUT2D eigenvalue weighted by molar-refractivity contribution is -0.154. The summed E-state index contributed by atoms with van der Waals surface area (Å²) in [7, 11) is 0. The number of nitrogens with zero attached hydrogens (tertiary/aromatic N) is 6. The summed E-state index contributed by atoms with van der Waals surface area (Å²) in [6, 6.07) is 13.4. The fraction of sp³-hybridized carbons (Fsp3) is 0.385. The second kappa shape index (κ2) is 12.9. The molecule has 41 heavy (non-hydrogen) atoms. The Morgan fingerprint density at radius 2 is 1.63 bits per heavy atom. The van der Waals surface area contributed by atoms with Crippen molar-refractivity contribution >= 4 is 23.3 Å². The van der Waals surface area contributed by atoms with E-state index in [0.29, 0.717) is 6.42 Å². The molecule has 0 atom stereocenters. The van der Waals surface area contributed by atoms with Crippen LogP contribution in [0.3, 0.4) is 0 Å². The van der Waals surface area contributed by atoms with E-state index >= 15 is 0 Å². The van der Waals surface area contributed by atoms with E-state index in [0.717, 1.165) is 56.1 Å². The van der Waals surface area contributed by atoms with Crippen molar-refractivity contribution in [2.24, 2.45) is 0 Å². The first kappa shape index (κ1) is 29.7. The van der Waals surface area contributed by atoms with Gasteiger partial charge in [-0.25, -0.2) is 0 Å². The second-order valence-electron chi connectivity index (χ2n) is 9.13. The third kappa shape index (κ3) is 9.10. The van der Waals surface area contributed by atoms with Gasteiger partial charge in [0.1, 0.15) is 0 Å². The van der Waals surface area contributed by atoms with Crippen LogP contribution in [0.5, 0.6) is 6.01 Å². The van der Waals surface area contributed by atoms with E-state index in [9.17, 15) is 26.3 Å². The number of nitrogens with one attached hydrogen (secondary N) is 2. The van der Waals surface area contributed by atoms with Crippen LogP contribution in [-0.4, -0.2) is 65.4 Å². The third-order valence-electron chi connectivity index (χ3n) is 6.06. The number of anilines is 4. The standard InChI is InChI=1S/C26H26F6N8O/c27-25(28,29)17-41-24-37-22(36-23(38-24)35-20-6-2-5-19(15-20)26(30,31)32)34-16-18-4-1-7-21(14-18)40-12-10-39(11-13-40)9-3-8-33/h1-2,4-7,14-15H,3,9-13,16-17H2,(H2,34,35,36,37,38). The number of nitriles is 1. The molecule has 0 spiro atoms. The molecule has 0 bridgehead atoms. The molecule has 1 fully saturated rings. The zero-order valence-electron chi connectivity index (χ0n) is 21.6. The van der Waals surface area contributed by atoms with Gasteiger partial charge in [0, 0.05) is 57.1 Å². The lowest BCUT2D eigenvalue weighted by Gasteiger charge is -2.36. The molecule has 3 aromatic rings. The van der Waals surface area contributed by atoms with Crippen molar-refractivity contribution in [3.63, 3.8) is 0 Å². The first-order valence-electron chi connectivity index (χ1n) is 12.6. The van der Waals surface area contributed by atoms with E-state index in [1.165, 1.54) is 12.1 Å². The quantitative estimate of drug-likeness (QED) is 0.313. The van der Waals surface area contributed by atoms with Crippen molar-refractivity contribution in [2.45, 2.75) is 25.3 Å². The third-order valence-corrected chi connectivity index (χ3v) is 6.06. The van der Waals surface area contributed by atoms with Gasteiger partial charge in [0.15, 0.2) is 6.61 Å². The number of aromatic nitrogens is 3. The van der Waals surface area contributed by atoms with Crippen molar-refractivity contribution < 1.29 is 31.1 Å². The molecular formula is C26H26F6N8O. The lowest BCUT2D eigenvalue weighted by Crippen LogP contribution is -2.46. The minimum absolute atomic E-state index is 0.0285. The normalized spacial score (nSPS) is 14.4. The van der Waals surface area contributed by atoms with E-state index in [1.54, 1.807) is 0 Å². The maximum atomic E-state index is 13.1. The number of hydrogen-bond donors (Lipinski definition) is 2. The number of hydrogen-bond acceptors (Lipinski definition) is 9. The number of alkyl halides is 6. The first-order valence-corrected chi connectivity index (χ1v) is 12.6. The maximum Gasteiger partial charge on any atom is 0.422 e. The summed E-state index contributed by atoms with van der Waals surface area (Å²) in [5.74, 6) is -0.440. The van der Waals surface area contributed by atoms with E-state index < -0.39 is 30.5 Å². The molecule has 15 heteroatoms. The van der Waals surface area contributed by atoms with Gasteiger partial charge < -0.3 is 20.3 Å². The molecule has 0 radical (unpaired) electrons. The van der Waals surface area contributed by atoms with Gasteiger partial charge in [-0.3, -0.25) is 4.90 Å². The topological polar surface area (TPSA) is 102 Å². The molecule has 0 aliphatic carbocycles. The van der Waals surface area contributed by atoms with Gasteiger partial charge in [-0.1, -0.05) is 18.2 Å². The molecule has 1 aromatic heterocycles. The summed E-state index contributed by atoms with van der Waals surface area (Å²) in [6.45, 7) is 2.52. The molecule has 0 unspecified atom stereocenters. The van der Waals surface area contributed by atoms with Crippen molar-refractivity contribution in [3.8, 4) is 12.1 Å². The largest absolute Gasteiger partial charge is 0.454 e. The molecule has 4 rings (SSSR count). The van der Waals surface area contributed by atoms with Crippen LogP contribution < -0.4 is 20.3 Å². The van der Waals surface area contributed by atoms with Crippen LogP contribution in [-0.2, 0) is 12.7 Å². The molecular weight excluding hydrogens is 554 g/mol. The average molecular weight is 581 g/mol. The smallest absolute Gasteiger partial charge is 0.422 e. The fourth-order valence-electron chi connectivity index (χ4n) is 4.09. The van der Waals surface area contributed by atoms with Crippen molar-refractivity contribution in [2.75, 3.05) is 54.9 Å². The molecule has 0 amide bonds. The predicted octanol–water partition coefficient (Wildman–Crippen LogP) is 5.22. The summed E-state index contributed by atoms with van der Waals surface area (Å²) in [6.07, 6.45) is -8.77. The Bertz CT molecular complexity index is 1350. The zero-order chi connectivity index (χ0) is 29.5. The Balaban J connectivity index is 1.47. The van der Waals surface area contributed by atoms with Crippen LogP contribution in [0.25, 0.3) is 0 Å². The van der Waals surface area contributed by atoms with Crippen LogP contribution >= 0.6 is 0 Å². The van der Waals surface area contributed by atoms with Gasteiger partial charge in [-0.2, -0.15) is 46.6 Å². The Morgan fingerprint density at radius 1 is 0.902 bits per heavy atom. The number of piperazine rings is 1. The summed E-state index contributed by atoms with van der Waals surface area (Å²) >= 11 is 0. The van der Waals surface area contributed by atoms with Crippen LogP contribution in [0.15, 0.2) is 48.5 Å². The Kier molecular flexibility index (Phi) is 9.33. The number of ether oxygens (including phenoxy) is 1. The summed E-state index contributed by atoms with van der Waals surface area (Å²) in [5, 5.41) is 14.3.